The van der Waals surface area contributed by atoms with E-state index in [1.165, 1.54) is 12.3 Å². The molecule has 140 valence electrons. The lowest BCUT2D eigenvalue weighted by Crippen LogP contribution is -2.05. The molecule has 0 fully saturated rings. The van der Waals surface area contributed by atoms with Crippen molar-refractivity contribution in [1.82, 2.24) is 14.6 Å². The fraction of sp³-hybridized carbons (Fsp3) is 0.0952. The standard InChI is InChI=1S/C21H15BrClN3O2/c1-2-17-19(12-3-6-15(23)7-4-12)21-24-10-13(11-26(21)25-17)20(28)16-9-14(22)5-8-18(16)27/h3-11,27H,2H2,1H3. The van der Waals surface area contributed by atoms with Crippen LogP contribution in [0.25, 0.3) is 16.8 Å². The Kier molecular flexibility index (Phi) is 4.91. The van der Waals surface area contributed by atoms with Crippen LogP contribution in [0.5, 0.6) is 5.75 Å². The van der Waals surface area contributed by atoms with Crippen LogP contribution in [0.15, 0.2) is 59.3 Å². The maximum atomic E-state index is 12.9. The smallest absolute Gasteiger partial charge is 0.199 e. The number of carbonyl (C=O) groups is 1. The lowest BCUT2D eigenvalue weighted by Gasteiger charge is -2.05. The van der Waals surface area contributed by atoms with Gasteiger partial charge < -0.3 is 5.11 Å². The van der Waals surface area contributed by atoms with Crippen molar-refractivity contribution in [3.05, 3.63) is 81.2 Å². The van der Waals surface area contributed by atoms with Gasteiger partial charge in [0.05, 0.1) is 16.8 Å². The first-order valence-corrected chi connectivity index (χ1v) is 9.81. The van der Waals surface area contributed by atoms with E-state index in [9.17, 15) is 9.90 Å². The summed E-state index contributed by atoms with van der Waals surface area (Å²) in [6, 6.07) is 12.2. The van der Waals surface area contributed by atoms with Gasteiger partial charge in [-0.15, -0.1) is 0 Å². The van der Waals surface area contributed by atoms with Crippen LogP contribution < -0.4 is 0 Å². The van der Waals surface area contributed by atoms with E-state index in [1.54, 1.807) is 22.8 Å². The van der Waals surface area contributed by atoms with Crippen molar-refractivity contribution in [2.75, 3.05) is 0 Å². The van der Waals surface area contributed by atoms with Crippen LogP contribution in [0.4, 0.5) is 0 Å². The van der Waals surface area contributed by atoms with Crippen molar-refractivity contribution in [3.8, 4) is 16.9 Å². The maximum Gasteiger partial charge on any atom is 0.199 e. The topological polar surface area (TPSA) is 67.5 Å². The molecule has 5 nitrogen and oxygen atoms in total. The molecule has 1 N–H and O–H groups in total. The average molecular weight is 457 g/mol. The highest BCUT2D eigenvalue weighted by Crippen LogP contribution is 2.30. The number of benzene rings is 2. The van der Waals surface area contributed by atoms with Crippen LogP contribution in [0.2, 0.25) is 5.02 Å². The zero-order valence-corrected chi connectivity index (χ0v) is 17.2. The third-order valence-electron chi connectivity index (χ3n) is 4.48. The first kappa shape index (κ1) is 18.7. The minimum Gasteiger partial charge on any atom is -0.507 e. The van der Waals surface area contributed by atoms with Gasteiger partial charge in [0.2, 0.25) is 0 Å². The number of aromatic hydroxyl groups is 1. The van der Waals surface area contributed by atoms with E-state index in [0.29, 0.717) is 20.7 Å². The number of phenols is 1. The second-order valence-electron chi connectivity index (χ2n) is 6.28. The predicted octanol–water partition coefficient (Wildman–Crippen LogP) is 5.31. The lowest BCUT2D eigenvalue weighted by atomic mass is 10.0. The first-order chi connectivity index (χ1) is 13.5. The van der Waals surface area contributed by atoms with Gasteiger partial charge in [-0.2, -0.15) is 5.10 Å². The first-order valence-electron chi connectivity index (χ1n) is 8.64. The van der Waals surface area contributed by atoms with Crippen LogP contribution in [0, 0.1) is 0 Å². The van der Waals surface area contributed by atoms with Crippen molar-refractivity contribution in [2.24, 2.45) is 0 Å². The molecule has 0 bridgehead atoms. The number of hydrogen-bond donors (Lipinski definition) is 1. The van der Waals surface area contributed by atoms with Crippen molar-refractivity contribution < 1.29 is 9.90 Å². The highest BCUT2D eigenvalue weighted by Gasteiger charge is 2.19. The van der Waals surface area contributed by atoms with Crippen LogP contribution in [-0.4, -0.2) is 25.5 Å². The van der Waals surface area contributed by atoms with Crippen LogP contribution in [0.3, 0.4) is 0 Å². The molecule has 0 aliphatic heterocycles. The molecular formula is C21H15BrClN3O2. The number of fused-ring (bicyclic) bond motifs is 1. The van der Waals surface area contributed by atoms with E-state index < -0.39 is 0 Å². The number of rotatable bonds is 4. The summed E-state index contributed by atoms with van der Waals surface area (Å²) in [5, 5.41) is 15.3. The Hall–Kier alpha value is -2.70. The van der Waals surface area contributed by atoms with Crippen LogP contribution in [0.1, 0.15) is 28.5 Å². The summed E-state index contributed by atoms with van der Waals surface area (Å²) >= 11 is 9.33. The summed E-state index contributed by atoms with van der Waals surface area (Å²) in [7, 11) is 0. The van der Waals surface area contributed by atoms with Crippen molar-refractivity contribution in [3.63, 3.8) is 0 Å². The van der Waals surface area contributed by atoms with Gasteiger partial charge in [0.15, 0.2) is 11.4 Å². The zero-order valence-electron chi connectivity index (χ0n) is 14.9. The van der Waals surface area contributed by atoms with Crippen molar-refractivity contribution >= 4 is 39.0 Å². The summed E-state index contributed by atoms with van der Waals surface area (Å²) < 4.78 is 2.32. The fourth-order valence-electron chi connectivity index (χ4n) is 3.10. The molecule has 2 heterocycles. The highest BCUT2D eigenvalue weighted by atomic mass is 79.9. The fourth-order valence-corrected chi connectivity index (χ4v) is 3.59. The Bertz CT molecular complexity index is 1200. The largest absolute Gasteiger partial charge is 0.507 e. The number of carbonyl (C=O) groups excluding carboxylic acids is 1. The Morgan fingerprint density at radius 3 is 2.68 bits per heavy atom. The molecule has 0 saturated carbocycles. The van der Waals surface area contributed by atoms with E-state index in [4.69, 9.17) is 11.6 Å². The summed E-state index contributed by atoms with van der Waals surface area (Å²) in [6.07, 6.45) is 3.87. The number of aryl methyl sites for hydroxylation is 1. The number of ketones is 1. The summed E-state index contributed by atoms with van der Waals surface area (Å²) in [5.74, 6) is -0.403. The predicted molar refractivity (Wildman–Crippen MR) is 112 cm³/mol. The quantitative estimate of drug-likeness (QED) is 0.423. The summed E-state index contributed by atoms with van der Waals surface area (Å²) in [5.41, 5.74) is 3.97. The molecular weight excluding hydrogens is 442 g/mol. The van der Waals surface area contributed by atoms with Gasteiger partial charge in [0.1, 0.15) is 5.75 Å². The van der Waals surface area contributed by atoms with Gasteiger partial charge in [-0.25, -0.2) is 9.50 Å². The number of nitrogens with zero attached hydrogens (tertiary/aromatic N) is 3. The van der Waals surface area contributed by atoms with Gasteiger partial charge in [-0.05, 0) is 42.3 Å². The molecule has 7 heteroatoms. The van der Waals surface area contributed by atoms with Crippen LogP contribution >= 0.6 is 27.5 Å². The number of phenolic OH excluding ortho intramolecular Hbond substituents is 1. The molecule has 2 aromatic carbocycles. The van der Waals surface area contributed by atoms with E-state index in [2.05, 4.69) is 26.0 Å². The van der Waals surface area contributed by atoms with Crippen LogP contribution in [-0.2, 0) is 6.42 Å². The van der Waals surface area contributed by atoms with Gasteiger partial charge in [-0.1, -0.05) is 46.6 Å². The highest BCUT2D eigenvalue weighted by molar-refractivity contribution is 9.10. The molecule has 4 aromatic rings. The number of halogens is 2. The molecule has 2 aromatic heterocycles. The third-order valence-corrected chi connectivity index (χ3v) is 5.22. The van der Waals surface area contributed by atoms with Crippen molar-refractivity contribution in [1.29, 1.82) is 0 Å². The normalized spacial score (nSPS) is 11.1. The van der Waals surface area contributed by atoms with Gasteiger partial charge in [0, 0.05) is 27.5 Å². The van der Waals surface area contributed by atoms with E-state index >= 15 is 0 Å². The van der Waals surface area contributed by atoms with E-state index in [1.807, 2.05) is 31.2 Å². The number of hydrogen-bond acceptors (Lipinski definition) is 4. The van der Waals surface area contributed by atoms with E-state index in [0.717, 1.165) is 23.2 Å². The summed E-state index contributed by atoms with van der Waals surface area (Å²) in [6.45, 7) is 2.02. The second-order valence-corrected chi connectivity index (χ2v) is 7.64. The number of aromatic nitrogens is 3. The lowest BCUT2D eigenvalue weighted by molar-refractivity contribution is 0.103. The van der Waals surface area contributed by atoms with Gasteiger partial charge in [-0.3, -0.25) is 4.79 Å². The third kappa shape index (κ3) is 3.30. The Morgan fingerprint density at radius 2 is 1.96 bits per heavy atom. The molecule has 0 amide bonds. The molecule has 0 atom stereocenters. The molecule has 0 saturated heterocycles. The Balaban J connectivity index is 1.83. The second kappa shape index (κ2) is 7.37. The molecule has 0 unspecified atom stereocenters. The van der Waals surface area contributed by atoms with Gasteiger partial charge in [0.25, 0.3) is 0 Å². The minimum atomic E-state index is -0.324. The van der Waals surface area contributed by atoms with Gasteiger partial charge >= 0.3 is 0 Å². The Labute approximate surface area is 174 Å². The SMILES string of the molecule is CCc1nn2cc(C(=O)c3cc(Br)ccc3O)cnc2c1-c1ccc(Cl)cc1. The molecule has 0 radical (unpaired) electrons. The molecule has 0 spiro atoms. The molecule has 0 aliphatic carbocycles. The Morgan fingerprint density at radius 1 is 1.21 bits per heavy atom. The van der Waals surface area contributed by atoms with Crippen molar-refractivity contribution in [2.45, 2.75) is 13.3 Å². The van der Waals surface area contributed by atoms with E-state index in [-0.39, 0.29) is 17.1 Å². The molecule has 0 aliphatic rings. The zero-order chi connectivity index (χ0) is 19.8. The summed E-state index contributed by atoms with van der Waals surface area (Å²) in [4.78, 5) is 17.4. The molecule has 4 rings (SSSR count). The minimum absolute atomic E-state index is 0.0788. The monoisotopic (exact) mass is 455 g/mol. The average Bonchev–Trinajstić information content (AvgIpc) is 3.07. The molecule has 28 heavy (non-hydrogen) atoms. The maximum absolute atomic E-state index is 12.9.